The average molecular weight is 354 g/mol. The first-order valence-electron chi connectivity index (χ1n) is 8.19. The molecule has 0 aliphatic carbocycles. The van der Waals surface area contributed by atoms with Crippen molar-refractivity contribution in [2.75, 3.05) is 12.4 Å². The smallest absolute Gasteiger partial charge is 0.0547 e. The van der Waals surface area contributed by atoms with Crippen LogP contribution in [0.4, 0.5) is 0 Å². The van der Waals surface area contributed by atoms with Gasteiger partial charge in [-0.05, 0) is 6.42 Å². The summed E-state index contributed by atoms with van der Waals surface area (Å²) < 4.78 is 5.28. The lowest BCUT2D eigenvalue weighted by atomic mass is 10.4. The fourth-order valence-corrected chi connectivity index (χ4v) is 6.66. The highest BCUT2D eigenvalue weighted by molar-refractivity contribution is 7.87. The van der Waals surface area contributed by atoms with E-state index in [9.17, 15) is 0 Å². The molecule has 0 N–H and O–H groups in total. The van der Waals surface area contributed by atoms with Crippen LogP contribution in [0.15, 0.2) is 95.7 Å². The lowest BCUT2D eigenvalue weighted by Gasteiger charge is -2.27. The van der Waals surface area contributed by atoms with Crippen LogP contribution in [0.3, 0.4) is 0 Å². The molecule has 0 atom stereocenters. The zero-order chi connectivity index (χ0) is 16.7. The van der Waals surface area contributed by atoms with Gasteiger partial charge in [-0.15, -0.1) is 11.6 Å². The summed E-state index contributed by atoms with van der Waals surface area (Å²) in [6, 6.07) is 32.1. The van der Waals surface area contributed by atoms with Crippen molar-refractivity contribution in [1.82, 2.24) is 0 Å². The van der Waals surface area contributed by atoms with Gasteiger partial charge in [0.25, 0.3) is 0 Å². The monoisotopic (exact) mass is 353 g/mol. The molecular weight excluding hydrogens is 333 g/mol. The summed E-state index contributed by atoms with van der Waals surface area (Å²) in [5.41, 5.74) is 0. The van der Waals surface area contributed by atoms with Crippen molar-refractivity contribution in [1.29, 1.82) is 0 Å². The second-order valence-corrected chi connectivity index (χ2v) is 9.03. The van der Waals surface area contributed by atoms with Gasteiger partial charge in [0.05, 0.1) is 7.05 Å². The van der Waals surface area contributed by atoms with Crippen molar-refractivity contribution in [2.24, 2.45) is 4.74 Å². The molecule has 0 heterocycles. The molecule has 3 aromatic carbocycles. The van der Waals surface area contributed by atoms with Crippen LogP contribution in [-0.4, -0.2) is 12.4 Å². The van der Waals surface area contributed by atoms with E-state index in [-0.39, 0.29) is 0 Å². The Morgan fingerprint density at radius 1 is 0.625 bits per heavy atom. The van der Waals surface area contributed by atoms with E-state index < -0.39 is 7.05 Å². The molecule has 0 bridgehead atoms. The molecular formula is C21H21ClNP. The standard InChI is InChI=1S/C21H21ClNP/c22-17-10-18-23-24(19-11-4-1-5-12-19,20-13-6-2-7-14-20)21-15-8-3-9-16-21/h1-9,11-16H,10,17-18H2. The summed E-state index contributed by atoms with van der Waals surface area (Å²) >= 11 is 5.92. The van der Waals surface area contributed by atoms with E-state index in [4.69, 9.17) is 16.3 Å². The van der Waals surface area contributed by atoms with Gasteiger partial charge in [0.15, 0.2) is 0 Å². The molecule has 0 radical (unpaired) electrons. The van der Waals surface area contributed by atoms with Gasteiger partial charge in [0, 0.05) is 28.3 Å². The van der Waals surface area contributed by atoms with Gasteiger partial charge in [-0.3, -0.25) is 4.74 Å². The van der Waals surface area contributed by atoms with Crippen molar-refractivity contribution in [2.45, 2.75) is 6.42 Å². The maximum Gasteiger partial charge on any atom is 0.0547 e. The third-order valence-corrected chi connectivity index (χ3v) is 8.02. The third kappa shape index (κ3) is 3.48. The minimum absolute atomic E-state index is 0.641. The van der Waals surface area contributed by atoms with E-state index >= 15 is 0 Å². The third-order valence-electron chi connectivity index (χ3n) is 3.99. The van der Waals surface area contributed by atoms with Crippen molar-refractivity contribution >= 4 is 34.6 Å². The Bertz CT molecular complexity index is 698. The fraction of sp³-hybridized carbons (Fsp3) is 0.143. The van der Waals surface area contributed by atoms with Gasteiger partial charge >= 0.3 is 0 Å². The van der Waals surface area contributed by atoms with Gasteiger partial charge in [-0.25, -0.2) is 0 Å². The maximum absolute atomic E-state index is 5.92. The van der Waals surface area contributed by atoms with Crippen molar-refractivity contribution in [3.8, 4) is 0 Å². The Balaban J connectivity index is 2.31. The number of hydrogen-bond donors (Lipinski definition) is 0. The summed E-state index contributed by atoms with van der Waals surface area (Å²) in [6.07, 6.45) is 0.899. The van der Waals surface area contributed by atoms with Crippen LogP contribution >= 0.6 is 18.7 Å². The average Bonchev–Trinajstić information content (AvgIpc) is 2.68. The molecule has 3 heteroatoms. The molecule has 0 aromatic heterocycles. The summed E-state index contributed by atoms with van der Waals surface area (Å²) in [5.74, 6) is 0.641. The van der Waals surface area contributed by atoms with Crippen molar-refractivity contribution in [3.05, 3.63) is 91.0 Å². The van der Waals surface area contributed by atoms with Crippen molar-refractivity contribution in [3.63, 3.8) is 0 Å². The molecule has 3 aromatic rings. The van der Waals surface area contributed by atoms with E-state index in [1.807, 2.05) is 0 Å². The molecule has 1 nitrogen and oxygen atoms in total. The Morgan fingerprint density at radius 2 is 1.00 bits per heavy atom. The molecule has 0 amide bonds. The summed E-state index contributed by atoms with van der Waals surface area (Å²) in [7, 11) is -2.02. The molecule has 0 saturated heterocycles. The van der Waals surface area contributed by atoms with E-state index in [0.717, 1.165) is 13.0 Å². The lowest BCUT2D eigenvalue weighted by Crippen LogP contribution is -2.25. The predicted octanol–water partition coefficient (Wildman–Crippen LogP) is 4.79. The molecule has 0 aliphatic heterocycles. The lowest BCUT2D eigenvalue weighted by molar-refractivity contribution is 0.950. The molecule has 24 heavy (non-hydrogen) atoms. The van der Waals surface area contributed by atoms with Crippen LogP contribution in [0.25, 0.3) is 0 Å². The predicted molar refractivity (Wildman–Crippen MR) is 108 cm³/mol. The number of alkyl halides is 1. The zero-order valence-electron chi connectivity index (χ0n) is 13.6. The molecule has 0 fully saturated rings. The first kappa shape index (κ1) is 17.0. The Morgan fingerprint density at radius 3 is 1.33 bits per heavy atom. The Hall–Kier alpha value is -1.82. The second-order valence-electron chi connectivity index (χ2n) is 5.55. The molecule has 0 unspecified atom stereocenters. The van der Waals surface area contributed by atoms with E-state index in [1.54, 1.807) is 0 Å². The van der Waals surface area contributed by atoms with Gasteiger partial charge in [-0.1, -0.05) is 91.0 Å². The van der Waals surface area contributed by atoms with Crippen LogP contribution < -0.4 is 15.9 Å². The largest absolute Gasteiger partial charge is 0.290 e. The first-order valence-corrected chi connectivity index (χ1v) is 10.5. The maximum atomic E-state index is 5.92. The van der Waals surface area contributed by atoms with Crippen LogP contribution in [0.1, 0.15) is 6.42 Å². The normalized spacial score (nSPS) is 11.2. The molecule has 122 valence electrons. The molecule has 3 rings (SSSR count). The van der Waals surface area contributed by atoms with E-state index in [2.05, 4.69) is 91.0 Å². The summed E-state index contributed by atoms with van der Waals surface area (Å²) in [6.45, 7) is 0.774. The van der Waals surface area contributed by atoms with Crippen molar-refractivity contribution < 1.29 is 0 Å². The second kappa shape index (κ2) is 8.33. The number of halogens is 1. The minimum Gasteiger partial charge on any atom is -0.290 e. The van der Waals surface area contributed by atoms with Crippen LogP contribution in [0.2, 0.25) is 0 Å². The van der Waals surface area contributed by atoms with E-state index in [0.29, 0.717) is 5.88 Å². The highest BCUT2D eigenvalue weighted by Crippen LogP contribution is 2.46. The molecule has 0 spiro atoms. The van der Waals surface area contributed by atoms with Gasteiger partial charge in [0.1, 0.15) is 0 Å². The minimum atomic E-state index is -2.02. The SMILES string of the molecule is ClCCCN=P(c1ccccc1)(c1ccccc1)c1ccccc1. The highest BCUT2D eigenvalue weighted by atomic mass is 35.5. The number of benzene rings is 3. The zero-order valence-corrected chi connectivity index (χ0v) is 15.2. The fourth-order valence-electron chi connectivity index (χ4n) is 2.90. The Labute approximate surface area is 149 Å². The summed E-state index contributed by atoms with van der Waals surface area (Å²) in [5, 5.41) is 3.87. The van der Waals surface area contributed by atoms with E-state index in [1.165, 1.54) is 15.9 Å². The topological polar surface area (TPSA) is 12.4 Å². The number of hydrogen-bond acceptors (Lipinski definition) is 1. The number of nitrogens with zero attached hydrogens (tertiary/aromatic N) is 1. The van der Waals surface area contributed by atoms with Crippen LogP contribution in [0, 0.1) is 0 Å². The van der Waals surface area contributed by atoms with Crippen LogP contribution in [-0.2, 0) is 0 Å². The summed E-state index contributed by atoms with van der Waals surface area (Å²) in [4.78, 5) is 0. The molecule has 0 aliphatic rings. The first-order chi connectivity index (χ1) is 11.9. The van der Waals surface area contributed by atoms with Gasteiger partial charge in [-0.2, -0.15) is 0 Å². The Kier molecular flexibility index (Phi) is 5.91. The van der Waals surface area contributed by atoms with Gasteiger partial charge in [0.2, 0.25) is 0 Å². The van der Waals surface area contributed by atoms with Gasteiger partial charge < -0.3 is 0 Å². The number of rotatable bonds is 6. The molecule has 0 saturated carbocycles. The van der Waals surface area contributed by atoms with Crippen LogP contribution in [0.5, 0.6) is 0 Å². The quantitative estimate of drug-likeness (QED) is 0.343. The highest BCUT2D eigenvalue weighted by Gasteiger charge is 2.26.